The van der Waals surface area contributed by atoms with Crippen molar-refractivity contribution in [1.82, 2.24) is 9.55 Å². The summed E-state index contributed by atoms with van der Waals surface area (Å²) in [5, 5.41) is 9.03. The Morgan fingerprint density at radius 1 is 1.67 bits per heavy atom. The molecule has 1 heterocycles. The summed E-state index contributed by atoms with van der Waals surface area (Å²) in [4.78, 5) is 4.26. The number of aryl methyl sites for hydroxylation is 1. The van der Waals surface area contributed by atoms with Crippen LogP contribution in [-0.2, 0) is 6.61 Å². The average molecular weight is 231 g/mol. The largest absolute Gasteiger partial charge is 0.388 e. The average Bonchev–Trinajstić information content (AvgIpc) is 2.82. The van der Waals surface area contributed by atoms with Gasteiger partial charge in [-0.3, -0.25) is 0 Å². The number of imidazole rings is 1. The molecule has 2 rings (SSSR count). The second-order valence-electron chi connectivity index (χ2n) is 3.16. The van der Waals surface area contributed by atoms with E-state index in [0.29, 0.717) is 6.04 Å². The molecule has 4 heteroatoms. The Balaban J connectivity index is 2.46. The predicted octanol–water partition coefficient (Wildman–Crippen LogP) is 1.78. The first-order chi connectivity index (χ1) is 5.74. The number of hydrogen-bond acceptors (Lipinski definition) is 2. The minimum atomic E-state index is 0.0307. The van der Waals surface area contributed by atoms with Gasteiger partial charge in [0.25, 0.3) is 0 Å². The van der Waals surface area contributed by atoms with Crippen LogP contribution in [0.15, 0.2) is 4.60 Å². The van der Waals surface area contributed by atoms with Gasteiger partial charge in [-0.15, -0.1) is 0 Å². The Morgan fingerprint density at radius 3 is 2.83 bits per heavy atom. The van der Waals surface area contributed by atoms with Crippen LogP contribution in [0.3, 0.4) is 0 Å². The van der Waals surface area contributed by atoms with Crippen molar-refractivity contribution in [2.24, 2.45) is 0 Å². The first kappa shape index (κ1) is 8.26. The van der Waals surface area contributed by atoms with Crippen LogP contribution >= 0.6 is 15.9 Å². The third-order valence-electron chi connectivity index (χ3n) is 2.14. The van der Waals surface area contributed by atoms with Gasteiger partial charge < -0.3 is 9.67 Å². The van der Waals surface area contributed by atoms with Crippen LogP contribution in [0.2, 0.25) is 0 Å². The SMILES string of the molecule is Cc1nc(CO)n(C2CC2)c1Br. The maximum absolute atomic E-state index is 9.03. The Hall–Kier alpha value is -0.350. The van der Waals surface area contributed by atoms with Crippen molar-refractivity contribution in [1.29, 1.82) is 0 Å². The first-order valence-corrected chi connectivity index (χ1v) is 4.87. The molecule has 0 aromatic carbocycles. The lowest BCUT2D eigenvalue weighted by Crippen LogP contribution is -2.01. The van der Waals surface area contributed by atoms with Gasteiger partial charge in [-0.05, 0) is 35.7 Å². The van der Waals surface area contributed by atoms with Crippen molar-refractivity contribution < 1.29 is 5.11 Å². The van der Waals surface area contributed by atoms with Crippen LogP contribution in [0.4, 0.5) is 0 Å². The van der Waals surface area contributed by atoms with Gasteiger partial charge in [-0.1, -0.05) is 0 Å². The van der Waals surface area contributed by atoms with Crippen molar-refractivity contribution in [2.75, 3.05) is 0 Å². The summed E-state index contributed by atoms with van der Waals surface area (Å²) in [5.41, 5.74) is 0.964. The highest BCUT2D eigenvalue weighted by Gasteiger charge is 2.28. The number of halogens is 1. The number of rotatable bonds is 2. The molecule has 0 unspecified atom stereocenters. The molecule has 66 valence electrons. The lowest BCUT2D eigenvalue weighted by Gasteiger charge is -2.04. The molecule has 1 aliphatic carbocycles. The fraction of sp³-hybridized carbons (Fsp3) is 0.625. The van der Waals surface area contributed by atoms with Gasteiger partial charge in [0.2, 0.25) is 0 Å². The smallest absolute Gasteiger partial charge is 0.135 e. The standard InChI is InChI=1S/C8H11BrN2O/c1-5-8(9)11(6-2-3-6)7(4-12)10-5/h6,12H,2-4H2,1H3. The van der Waals surface area contributed by atoms with E-state index in [-0.39, 0.29) is 6.61 Å². The molecule has 0 aliphatic heterocycles. The molecule has 0 atom stereocenters. The van der Waals surface area contributed by atoms with Crippen molar-refractivity contribution in [3.05, 3.63) is 16.1 Å². The molecular weight excluding hydrogens is 220 g/mol. The molecule has 1 aromatic heterocycles. The van der Waals surface area contributed by atoms with Crippen molar-refractivity contribution >= 4 is 15.9 Å². The summed E-state index contributed by atoms with van der Waals surface area (Å²) >= 11 is 3.47. The predicted molar refractivity (Wildman–Crippen MR) is 48.9 cm³/mol. The molecule has 1 aromatic rings. The molecule has 1 saturated carbocycles. The maximum atomic E-state index is 9.03. The fourth-order valence-electron chi connectivity index (χ4n) is 1.40. The van der Waals surface area contributed by atoms with Crippen molar-refractivity contribution in [2.45, 2.75) is 32.4 Å². The van der Waals surface area contributed by atoms with Gasteiger partial charge in [0, 0.05) is 6.04 Å². The van der Waals surface area contributed by atoms with Crippen LogP contribution in [0.5, 0.6) is 0 Å². The number of aliphatic hydroxyl groups excluding tert-OH is 1. The molecule has 0 radical (unpaired) electrons. The fourth-order valence-corrected chi connectivity index (χ4v) is 1.98. The highest BCUT2D eigenvalue weighted by molar-refractivity contribution is 9.10. The minimum absolute atomic E-state index is 0.0307. The minimum Gasteiger partial charge on any atom is -0.388 e. The Morgan fingerprint density at radius 2 is 2.33 bits per heavy atom. The van der Waals surface area contributed by atoms with Crippen LogP contribution in [-0.4, -0.2) is 14.7 Å². The van der Waals surface area contributed by atoms with Gasteiger partial charge >= 0.3 is 0 Å². The van der Waals surface area contributed by atoms with Crippen LogP contribution < -0.4 is 0 Å². The van der Waals surface area contributed by atoms with Gasteiger partial charge in [-0.2, -0.15) is 0 Å². The number of hydrogen-bond donors (Lipinski definition) is 1. The first-order valence-electron chi connectivity index (χ1n) is 4.08. The van der Waals surface area contributed by atoms with E-state index in [4.69, 9.17) is 5.11 Å². The third-order valence-corrected chi connectivity index (χ3v) is 3.09. The molecule has 1 fully saturated rings. The maximum Gasteiger partial charge on any atom is 0.135 e. The van der Waals surface area contributed by atoms with E-state index < -0.39 is 0 Å². The monoisotopic (exact) mass is 230 g/mol. The van der Waals surface area contributed by atoms with Crippen LogP contribution in [0.25, 0.3) is 0 Å². The summed E-state index contributed by atoms with van der Waals surface area (Å²) in [6, 6.07) is 0.572. The molecule has 0 spiro atoms. The van der Waals surface area contributed by atoms with E-state index in [2.05, 4.69) is 25.5 Å². The van der Waals surface area contributed by atoms with Crippen LogP contribution in [0, 0.1) is 6.92 Å². The number of aliphatic hydroxyl groups is 1. The van der Waals surface area contributed by atoms with Gasteiger partial charge in [0.05, 0.1) is 5.69 Å². The van der Waals surface area contributed by atoms with E-state index >= 15 is 0 Å². The molecule has 0 bridgehead atoms. The highest BCUT2D eigenvalue weighted by atomic mass is 79.9. The van der Waals surface area contributed by atoms with E-state index in [9.17, 15) is 0 Å². The van der Waals surface area contributed by atoms with Crippen molar-refractivity contribution in [3.8, 4) is 0 Å². The molecule has 12 heavy (non-hydrogen) atoms. The Labute approximate surface area is 79.6 Å². The third kappa shape index (κ3) is 1.19. The molecule has 0 saturated heterocycles. The second-order valence-corrected chi connectivity index (χ2v) is 3.91. The zero-order valence-electron chi connectivity index (χ0n) is 6.92. The summed E-state index contributed by atoms with van der Waals surface area (Å²) in [7, 11) is 0. The van der Waals surface area contributed by atoms with E-state index in [1.807, 2.05) is 6.92 Å². The van der Waals surface area contributed by atoms with Gasteiger partial charge in [-0.25, -0.2) is 4.98 Å². The quantitative estimate of drug-likeness (QED) is 0.842. The zero-order valence-corrected chi connectivity index (χ0v) is 8.50. The second kappa shape index (κ2) is 2.85. The normalized spacial score (nSPS) is 16.9. The Bertz CT molecular complexity index is 304. The van der Waals surface area contributed by atoms with E-state index in [1.54, 1.807) is 0 Å². The summed E-state index contributed by atoms with van der Waals surface area (Å²) < 4.78 is 3.11. The molecule has 1 aliphatic rings. The van der Waals surface area contributed by atoms with Gasteiger partial charge in [0.1, 0.15) is 17.0 Å². The summed E-state index contributed by atoms with van der Waals surface area (Å²) in [6.45, 7) is 1.98. The topological polar surface area (TPSA) is 38.1 Å². The molecular formula is C8H11BrN2O. The van der Waals surface area contributed by atoms with E-state index in [0.717, 1.165) is 16.1 Å². The van der Waals surface area contributed by atoms with Crippen molar-refractivity contribution in [3.63, 3.8) is 0 Å². The molecule has 1 N–H and O–H groups in total. The summed E-state index contributed by atoms with van der Waals surface area (Å²) in [5.74, 6) is 0.780. The van der Waals surface area contributed by atoms with Gasteiger partial charge in [0.15, 0.2) is 0 Å². The lowest BCUT2D eigenvalue weighted by molar-refractivity contribution is 0.264. The lowest BCUT2D eigenvalue weighted by atomic mass is 10.5. The molecule has 3 nitrogen and oxygen atoms in total. The Kier molecular flexibility index (Phi) is 1.96. The number of aromatic nitrogens is 2. The van der Waals surface area contributed by atoms with E-state index in [1.165, 1.54) is 12.8 Å². The summed E-state index contributed by atoms with van der Waals surface area (Å²) in [6.07, 6.45) is 2.42. The van der Waals surface area contributed by atoms with Crippen LogP contribution in [0.1, 0.15) is 30.4 Å². The highest BCUT2D eigenvalue weighted by Crippen LogP contribution is 2.39. The zero-order chi connectivity index (χ0) is 8.72. The molecule has 0 amide bonds. The number of nitrogens with zero attached hydrogens (tertiary/aromatic N) is 2.